The van der Waals surface area contributed by atoms with Crippen LogP contribution in [0.25, 0.3) is 0 Å². The van der Waals surface area contributed by atoms with Crippen molar-refractivity contribution in [2.24, 2.45) is 0 Å². The standard InChI is InChI=1S/C17H25N3O6/c1-17(2,3)26-10-9-12(16(22)23)18-15(21)11-19(4)13-7-5-6-8-14(13)20(24)25/h5-8,12H,9-11H2,1-4H3,(H,18,21)(H,22,23). The summed E-state index contributed by atoms with van der Waals surface area (Å²) in [6, 6.07) is 4.93. The van der Waals surface area contributed by atoms with Gasteiger partial charge in [0.1, 0.15) is 11.7 Å². The fourth-order valence-corrected chi connectivity index (χ4v) is 2.22. The molecule has 0 aromatic heterocycles. The number of ether oxygens (including phenoxy) is 1. The Morgan fingerprint density at radius 1 is 1.35 bits per heavy atom. The minimum absolute atomic E-state index is 0.119. The molecule has 0 aliphatic rings. The maximum absolute atomic E-state index is 12.2. The number of benzene rings is 1. The van der Waals surface area contributed by atoms with Gasteiger partial charge < -0.3 is 20.1 Å². The van der Waals surface area contributed by atoms with E-state index in [1.807, 2.05) is 20.8 Å². The normalized spacial score (nSPS) is 12.3. The summed E-state index contributed by atoms with van der Waals surface area (Å²) in [5.41, 5.74) is -0.258. The van der Waals surface area contributed by atoms with Crippen molar-refractivity contribution >= 4 is 23.3 Å². The number of hydrogen-bond acceptors (Lipinski definition) is 6. The molecule has 1 aromatic carbocycles. The average Bonchev–Trinajstić information content (AvgIpc) is 2.52. The fraction of sp³-hybridized carbons (Fsp3) is 0.529. The average molecular weight is 367 g/mol. The molecule has 0 aliphatic heterocycles. The second kappa shape index (κ2) is 9.14. The zero-order valence-electron chi connectivity index (χ0n) is 15.4. The number of hydrogen-bond donors (Lipinski definition) is 2. The van der Waals surface area contributed by atoms with Gasteiger partial charge in [-0.05, 0) is 26.8 Å². The van der Waals surface area contributed by atoms with Gasteiger partial charge in [0.25, 0.3) is 5.69 Å². The van der Waals surface area contributed by atoms with Gasteiger partial charge in [0.15, 0.2) is 0 Å². The van der Waals surface area contributed by atoms with Crippen molar-refractivity contribution < 1.29 is 24.4 Å². The number of rotatable bonds is 9. The molecule has 9 nitrogen and oxygen atoms in total. The lowest BCUT2D eigenvalue weighted by molar-refractivity contribution is -0.384. The number of para-hydroxylation sites is 2. The summed E-state index contributed by atoms with van der Waals surface area (Å²) in [6.45, 7) is 5.52. The van der Waals surface area contributed by atoms with Crippen LogP contribution >= 0.6 is 0 Å². The highest BCUT2D eigenvalue weighted by Crippen LogP contribution is 2.26. The van der Waals surface area contributed by atoms with Crippen LogP contribution in [0.5, 0.6) is 0 Å². The second-order valence-corrected chi connectivity index (χ2v) is 6.81. The molecular weight excluding hydrogens is 342 g/mol. The molecule has 1 amide bonds. The van der Waals surface area contributed by atoms with Crippen molar-refractivity contribution in [1.29, 1.82) is 0 Å². The zero-order chi connectivity index (χ0) is 19.9. The van der Waals surface area contributed by atoms with Gasteiger partial charge in [0.2, 0.25) is 5.91 Å². The summed E-state index contributed by atoms with van der Waals surface area (Å²) in [5, 5.41) is 22.7. The number of carbonyl (C=O) groups is 2. The molecule has 1 rings (SSSR count). The summed E-state index contributed by atoms with van der Waals surface area (Å²) in [6.07, 6.45) is 0.119. The first-order valence-electron chi connectivity index (χ1n) is 8.12. The number of nitrogens with one attached hydrogen (secondary N) is 1. The molecule has 0 bridgehead atoms. The van der Waals surface area contributed by atoms with Gasteiger partial charge in [-0.15, -0.1) is 0 Å². The predicted molar refractivity (Wildman–Crippen MR) is 96.3 cm³/mol. The van der Waals surface area contributed by atoms with E-state index >= 15 is 0 Å². The van der Waals surface area contributed by atoms with Gasteiger partial charge in [0, 0.05) is 26.1 Å². The number of carboxylic acid groups (broad SMARTS) is 1. The van der Waals surface area contributed by atoms with Crippen LogP contribution in [-0.4, -0.2) is 53.7 Å². The molecule has 0 saturated carbocycles. The Kier molecular flexibility index (Phi) is 7.51. The Balaban J connectivity index is 2.68. The van der Waals surface area contributed by atoms with Gasteiger partial charge >= 0.3 is 5.97 Å². The molecule has 26 heavy (non-hydrogen) atoms. The highest BCUT2D eigenvalue weighted by atomic mass is 16.6. The van der Waals surface area contributed by atoms with E-state index in [-0.39, 0.29) is 30.9 Å². The number of nitrogens with zero attached hydrogens (tertiary/aromatic N) is 2. The lowest BCUT2D eigenvalue weighted by atomic mass is 10.1. The van der Waals surface area contributed by atoms with Crippen molar-refractivity contribution in [2.75, 3.05) is 25.1 Å². The largest absolute Gasteiger partial charge is 0.480 e. The quantitative estimate of drug-likeness (QED) is 0.504. The molecule has 2 N–H and O–H groups in total. The maximum Gasteiger partial charge on any atom is 0.326 e. The lowest BCUT2D eigenvalue weighted by Gasteiger charge is -2.23. The van der Waals surface area contributed by atoms with Crippen molar-refractivity contribution in [3.05, 3.63) is 34.4 Å². The van der Waals surface area contributed by atoms with E-state index in [9.17, 15) is 24.8 Å². The number of carboxylic acids is 1. The van der Waals surface area contributed by atoms with Gasteiger partial charge in [-0.1, -0.05) is 12.1 Å². The SMILES string of the molecule is CN(CC(=O)NC(CCOC(C)(C)C)C(=O)O)c1ccccc1[N+](=O)[O-]. The van der Waals surface area contributed by atoms with E-state index < -0.39 is 28.4 Å². The van der Waals surface area contributed by atoms with Crippen molar-refractivity contribution in [1.82, 2.24) is 5.32 Å². The van der Waals surface area contributed by atoms with Crippen LogP contribution in [0.15, 0.2) is 24.3 Å². The van der Waals surface area contributed by atoms with Gasteiger partial charge in [-0.25, -0.2) is 4.79 Å². The first kappa shape index (κ1) is 21.4. The first-order chi connectivity index (χ1) is 12.0. The van der Waals surface area contributed by atoms with Crippen LogP contribution in [0.3, 0.4) is 0 Å². The Morgan fingerprint density at radius 3 is 2.50 bits per heavy atom. The van der Waals surface area contributed by atoms with Crippen molar-refractivity contribution in [2.45, 2.75) is 38.8 Å². The Hall–Kier alpha value is -2.68. The monoisotopic (exact) mass is 367 g/mol. The Labute approximate surface area is 152 Å². The summed E-state index contributed by atoms with van der Waals surface area (Å²) >= 11 is 0. The predicted octanol–water partition coefficient (Wildman–Crippen LogP) is 1.81. The van der Waals surface area contributed by atoms with E-state index in [1.165, 1.54) is 30.1 Å². The van der Waals surface area contributed by atoms with Crippen molar-refractivity contribution in [3.8, 4) is 0 Å². The fourth-order valence-electron chi connectivity index (χ4n) is 2.22. The third kappa shape index (κ3) is 7.06. The molecule has 0 heterocycles. The first-order valence-corrected chi connectivity index (χ1v) is 8.12. The molecular formula is C17H25N3O6. The summed E-state index contributed by atoms with van der Waals surface area (Å²) in [5.74, 6) is -1.71. The van der Waals surface area contributed by atoms with E-state index in [1.54, 1.807) is 6.07 Å². The minimum atomic E-state index is -1.16. The van der Waals surface area contributed by atoms with E-state index in [2.05, 4.69) is 5.32 Å². The molecule has 0 spiro atoms. The van der Waals surface area contributed by atoms with Crippen LogP contribution in [0.2, 0.25) is 0 Å². The van der Waals surface area contributed by atoms with E-state index in [0.29, 0.717) is 0 Å². The zero-order valence-corrected chi connectivity index (χ0v) is 15.4. The third-order valence-corrected chi connectivity index (χ3v) is 3.45. The molecule has 1 atom stereocenters. The number of anilines is 1. The smallest absolute Gasteiger partial charge is 0.326 e. The highest BCUT2D eigenvalue weighted by Gasteiger charge is 2.23. The van der Waals surface area contributed by atoms with Crippen LogP contribution in [0.1, 0.15) is 27.2 Å². The maximum atomic E-state index is 12.2. The Morgan fingerprint density at radius 2 is 1.96 bits per heavy atom. The molecule has 1 aromatic rings. The molecule has 1 unspecified atom stereocenters. The number of carbonyl (C=O) groups excluding carboxylic acids is 1. The van der Waals surface area contributed by atoms with E-state index in [4.69, 9.17) is 4.74 Å². The van der Waals surface area contributed by atoms with Gasteiger partial charge in [0.05, 0.1) is 17.1 Å². The van der Waals surface area contributed by atoms with E-state index in [0.717, 1.165) is 0 Å². The second-order valence-electron chi connectivity index (χ2n) is 6.81. The Bertz CT molecular complexity index is 656. The summed E-state index contributed by atoms with van der Waals surface area (Å²) in [7, 11) is 1.53. The number of likely N-dealkylation sites (N-methyl/N-ethyl adjacent to an activating group) is 1. The highest BCUT2D eigenvalue weighted by molar-refractivity contribution is 5.87. The van der Waals surface area contributed by atoms with Crippen LogP contribution < -0.4 is 10.2 Å². The number of nitro groups is 1. The van der Waals surface area contributed by atoms with Crippen LogP contribution in [-0.2, 0) is 14.3 Å². The van der Waals surface area contributed by atoms with Gasteiger partial charge in [-0.3, -0.25) is 14.9 Å². The minimum Gasteiger partial charge on any atom is -0.480 e. The van der Waals surface area contributed by atoms with Gasteiger partial charge in [-0.2, -0.15) is 0 Å². The molecule has 0 fully saturated rings. The van der Waals surface area contributed by atoms with Crippen LogP contribution in [0.4, 0.5) is 11.4 Å². The molecule has 0 radical (unpaired) electrons. The number of nitro benzene ring substituents is 1. The molecule has 0 aliphatic carbocycles. The van der Waals surface area contributed by atoms with Crippen molar-refractivity contribution in [3.63, 3.8) is 0 Å². The molecule has 144 valence electrons. The summed E-state index contributed by atoms with van der Waals surface area (Å²) in [4.78, 5) is 35.4. The van der Waals surface area contributed by atoms with Crippen LogP contribution in [0, 0.1) is 10.1 Å². The lowest BCUT2D eigenvalue weighted by Crippen LogP contribution is -2.45. The third-order valence-electron chi connectivity index (χ3n) is 3.45. The topological polar surface area (TPSA) is 122 Å². The molecule has 9 heteroatoms. The summed E-state index contributed by atoms with van der Waals surface area (Å²) < 4.78 is 5.48. The number of amides is 1. The number of aliphatic carboxylic acids is 1. The molecule has 0 saturated heterocycles.